The maximum absolute atomic E-state index is 13.8. The number of aromatic hydroxyl groups is 2. The second-order valence-corrected chi connectivity index (χ2v) is 11.1. The lowest BCUT2D eigenvalue weighted by Crippen LogP contribution is -2.45. The summed E-state index contributed by atoms with van der Waals surface area (Å²) in [5, 5.41) is 25.2. The van der Waals surface area contributed by atoms with E-state index in [0.717, 1.165) is 0 Å². The van der Waals surface area contributed by atoms with Crippen LogP contribution >= 0.6 is 0 Å². The summed E-state index contributed by atoms with van der Waals surface area (Å²) in [5.41, 5.74) is 4.63. The first kappa shape index (κ1) is 27.1. The van der Waals surface area contributed by atoms with Crippen molar-refractivity contribution in [2.75, 3.05) is 37.0 Å². The lowest BCUT2D eigenvalue weighted by molar-refractivity contribution is -0.115. The molecule has 4 heterocycles. The van der Waals surface area contributed by atoms with Crippen LogP contribution in [0.1, 0.15) is 23.2 Å². The molecule has 4 aliphatic rings. The van der Waals surface area contributed by atoms with Gasteiger partial charge in [0.1, 0.15) is 11.5 Å². The first-order chi connectivity index (χ1) is 21.1. The number of urea groups is 2. The van der Waals surface area contributed by atoms with Crippen molar-refractivity contribution in [1.29, 1.82) is 0 Å². The number of nitrogens with one attached hydrogen (secondary N) is 2. The van der Waals surface area contributed by atoms with Gasteiger partial charge in [-0.25, -0.2) is 9.59 Å². The molecule has 12 heteroatoms. The summed E-state index contributed by atoms with van der Waals surface area (Å²) in [6.07, 6.45) is 0. The maximum Gasteiger partial charge on any atom is 0.322 e. The number of phenolic OH excluding ortho intramolecular Hbond substituents is 2. The summed E-state index contributed by atoms with van der Waals surface area (Å²) < 4.78 is 0. The van der Waals surface area contributed by atoms with Gasteiger partial charge in [0, 0.05) is 25.5 Å². The van der Waals surface area contributed by atoms with Crippen LogP contribution in [-0.2, 0) is 9.59 Å². The molecule has 44 heavy (non-hydrogen) atoms. The van der Waals surface area contributed by atoms with Crippen molar-refractivity contribution in [3.8, 4) is 11.5 Å². The molecule has 0 aliphatic carbocycles. The van der Waals surface area contributed by atoms with Crippen molar-refractivity contribution in [3.05, 3.63) is 106 Å². The fourth-order valence-corrected chi connectivity index (χ4v) is 6.20. The summed E-state index contributed by atoms with van der Waals surface area (Å²) in [6, 6.07) is 17.8. The topological polar surface area (TPSA) is 146 Å². The molecule has 0 bridgehead atoms. The minimum atomic E-state index is -0.666. The number of carbonyl (C=O) groups is 4. The van der Waals surface area contributed by atoms with Gasteiger partial charge in [0.05, 0.1) is 47.7 Å². The SMILES string of the molecule is CN1C(=O)N[C@@H](c2ccc(O)cc2)C2=C1CN(c1ccc(N3CC4=C(C3=O)[C@@H](c3ccc(O)cc3)NC(=O)N4C)cc1)C2=O. The molecule has 2 atom stereocenters. The normalized spacial score (nSPS) is 21.6. The van der Waals surface area contributed by atoms with Crippen LogP contribution < -0.4 is 20.4 Å². The molecule has 12 nitrogen and oxygen atoms in total. The molecular formula is C32H28N6O6. The molecule has 0 saturated carbocycles. The molecule has 4 N–H and O–H groups in total. The molecule has 0 radical (unpaired) electrons. The van der Waals surface area contributed by atoms with Crippen molar-refractivity contribution in [3.63, 3.8) is 0 Å². The largest absolute Gasteiger partial charge is 0.508 e. The Morgan fingerprint density at radius 2 is 0.909 bits per heavy atom. The molecule has 0 unspecified atom stereocenters. The van der Waals surface area contributed by atoms with Gasteiger partial charge in [0.15, 0.2) is 0 Å². The Labute approximate surface area is 252 Å². The van der Waals surface area contributed by atoms with Crippen molar-refractivity contribution in [2.24, 2.45) is 0 Å². The zero-order valence-electron chi connectivity index (χ0n) is 23.8. The highest BCUT2D eigenvalue weighted by Crippen LogP contribution is 2.40. The number of benzene rings is 3. The molecule has 3 aromatic rings. The number of anilines is 2. The summed E-state index contributed by atoms with van der Waals surface area (Å²) in [5.74, 6) is -0.343. The van der Waals surface area contributed by atoms with E-state index in [2.05, 4.69) is 10.6 Å². The third kappa shape index (κ3) is 4.14. The Bertz CT molecular complexity index is 1670. The average Bonchev–Trinajstić information content (AvgIpc) is 3.55. The Balaban J connectivity index is 1.15. The molecule has 0 fully saturated rings. The number of carbonyl (C=O) groups excluding carboxylic acids is 4. The minimum absolute atomic E-state index is 0.0830. The smallest absolute Gasteiger partial charge is 0.322 e. The van der Waals surface area contributed by atoms with Crippen LogP contribution in [0.3, 0.4) is 0 Å². The highest BCUT2D eigenvalue weighted by molar-refractivity contribution is 6.13. The summed E-state index contributed by atoms with van der Waals surface area (Å²) >= 11 is 0. The molecule has 7 rings (SSSR count). The maximum atomic E-state index is 13.8. The Hall–Kier alpha value is -5.78. The molecule has 4 aliphatic heterocycles. The zero-order chi connectivity index (χ0) is 30.9. The van der Waals surface area contributed by atoms with Crippen LogP contribution in [0.5, 0.6) is 11.5 Å². The van der Waals surface area contributed by atoms with Crippen molar-refractivity contribution in [1.82, 2.24) is 20.4 Å². The molecule has 0 spiro atoms. The monoisotopic (exact) mass is 592 g/mol. The van der Waals surface area contributed by atoms with Gasteiger partial charge >= 0.3 is 12.1 Å². The van der Waals surface area contributed by atoms with Crippen molar-refractivity contribution in [2.45, 2.75) is 12.1 Å². The van der Waals surface area contributed by atoms with Gasteiger partial charge in [-0.05, 0) is 59.7 Å². The van der Waals surface area contributed by atoms with Gasteiger partial charge in [0.2, 0.25) is 0 Å². The lowest BCUT2D eigenvalue weighted by atomic mass is 9.95. The van der Waals surface area contributed by atoms with Crippen LogP contribution in [0.15, 0.2) is 95.3 Å². The average molecular weight is 593 g/mol. The summed E-state index contributed by atoms with van der Waals surface area (Å²) in [4.78, 5) is 59.1. The van der Waals surface area contributed by atoms with E-state index >= 15 is 0 Å². The number of hydrogen-bond donors (Lipinski definition) is 4. The van der Waals surface area contributed by atoms with Gasteiger partial charge in [-0.2, -0.15) is 0 Å². The van der Waals surface area contributed by atoms with Crippen LogP contribution in [-0.4, -0.2) is 71.1 Å². The third-order valence-corrected chi connectivity index (χ3v) is 8.65. The van der Waals surface area contributed by atoms with Gasteiger partial charge < -0.3 is 30.6 Å². The van der Waals surface area contributed by atoms with Crippen LogP contribution in [0.2, 0.25) is 0 Å². The fourth-order valence-electron chi connectivity index (χ4n) is 6.20. The lowest BCUT2D eigenvalue weighted by Gasteiger charge is -2.31. The van der Waals surface area contributed by atoms with Crippen LogP contribution in [0.4, 0.5) is 21.0 Å². The Kier molecular flexibility index (Phi) is 6.09. The molecular weight excluding hydrogens is 564 g/mol. The quantitative estimate of drug-likeness (QED) is 0.366. The van der Waals surface area contributed by atoms with E-state index in [1.165, 1.54) is 34.1 Å². The van der Waals surface area contributed by atoms with Gasteiger partial charge in [-0.3, -0.25) is 19.4 Å². The number of phenols is 2. The number of likely N-dealkylation sites (N-methyl/N-ethyl adjacent to an activating group) is 2. The predicted octanol–water partition coefficient (Wildman–Crippen LogP) is 3.09. The molecule has 222 valence electrons. The minimum Gasteiger partial charge on any atom is -0.508 e. The number of amides is 6. The van der Waals surface area contributed by atoms with E-state index < -0.39 is 12.1 Å². The van der Waals surface area contributed by atoms with Crippen molar-refractivity contribution >= 4 is 35.3 Å². The highest BCUT2D eigenvalue weighted by atomic mass is 16.3. The van der Waals surface area contributed by atoms with E-state index in [4.69, 9.17) is 0 Å². The molecule has 3 aromatic carbocycles. The number of nitrogens with zero attached hydrogens (tertiary/aromatic N) is 4. The Morgan fingerprint density at radius 3 is 1.25 bits per heavy atom. The Morgan fingerprint density at radius 1 is 0.568 bits per heavy atom. The second kappa shape index (κ2) is 9.90. The third-order valence-electron chi connectivity index (χ3n) is 8.65. The molecule has 0 aromatic heterocycles. The highest BCUT2D eigenvalue weighted by Gasteiger charge is 2.45. The first-order valence-electron chi connectivity index (χ1n) is 14.0. The molecule has 6 amide bonds. The summed E-state index contributed by atoms with van der Waals surface area (Å²) in [6.45, 7) is 0.384. The van der Waals surface area contributed by atoms with E-state index in [1.54, 1.807) is 72.4 Å². The van der Waals surface area contributed by atoms with Gasteiger partial charge in [-0.1, -0.05) is 24.3 Å². The fraction of sp³-hybridized carbons (Fsp3) is 0.188. The predicted molar refractivity (Wildman–Crippen MR) is 159 cm³/mol. The molecule has 0 saturated heterocycles. The van der Waals surface area contributed by atoms with E-state index in [9.17, 15) is 29.4 Å². The van der Waals surface area contributed by atoms with Crippen LogP contribution in [0.25, 0.3) is 0 Å². The van der Waals surface area contributed by atoms with Gasteiger partial charge in [-0.15, -0.1) is 0 Å². The number of hydrogen-bond acceptors (Lipinski definition) is 6. The van der Waals surface area contributed by atoms with E-state index in [1.807, 2.05) is 0 Å². The zero-order valence-corrected chi connectivity index (χ0v) is 23.8. The van der Waals surface area contributed by atoms with Crippen molar-refractivity contribution < 1.29 is 29.4 Å². The summed E-state index contributed by atoms with van der Waals surface area (Å²) in [7, 11) is 3.24. The number of rotatable bonds is 4. The van der Waals surface area contributed by atoms with E-state index in [-0.39, 0.29) is 48.5 Å². The van der Waals surface area contributed by atoms with E-state index in [0.29, 0.717) is 45.0 Å². The van der Waals surface area contributed by atoms with Gasteiger partial charge in [0.25, 0.3) is 11.8 Å². The van der Waals surface area contributed by atoms with Crippen LogP contribution in [0, 0.1) is 0 Å². The standard InChI is InChI=1S/C32H28N6O6/c1-35-23-15-37(29(41)25(23)27(33-31(35)43)17-3-11-21(39)12-4-17)19-7-9-20(10-8-19)38-16-24-26(30(38)42)28(34-32(44)36(24)2)18-5-13-22(40)14-6-18/h3-14,27-28,39-40H,15-16H2,1-2H3,(H,33,43)(H,34,44)/t27-,28+. The second-order valence-electron chi connectivity index (χ2n) is 11.1. The first-order valence-corrected chi connectivity index (χ1v) is 14.0.